The van der Waals surface area contributed by atoms with Gasteiger partial charge in [0.15, 0.2) is 0 Å². The summed E-state index contributed by atoms with van der Waals surface area (Å²) in [5, 5.41) is 3.49. The molecule has 0 radical (unpaired) electrons. The van der Waals surface area contributed by atoms with Gasteiger partial charge in [-0.25, -0.2) is 18.7 Å². The Bertz CT molecular complexity index is 1010. The van der Waals surface area contributed by atoms with Gasteiger partial charge in [-0.2, -0.15) is 8.78 Å². The molecule has 1 aromatic heterocycles. The van der Waals surface area contributed by atoms with Gasteiger partial charge in [0.1, 0.15) is 0 Å². The Morgan fingerprint density at radius 1 is 1.23 bits per heavy atom. The maximum Gasteiger partial charge on any atom is 0.367 e. The van der Waals surface area contributed by atoms with Crippen LogP contribution in [-0.2, 0) is 4.84 Å². The standard InChI is InChI=1S/C16H14ClF2N3O4/c1-8(2)20-26-14(24)11-7-10(4-5-12(11)17)22-13(23)6-9(3)21(15(18)19)16(22)25/h4-7,15H,1-3H3. The number of nitrogens with zero attached hydrogens (tertiary/aromatic N) is 3. The molecular weight excluding hydrogens is 372 g/mol. The molecule has 0 atom stereocenters. The average molecular weight is 386 g/mol. The Kier molecular flexibility index (Phi) is 5.71. The number of alkyl halides is 2. The summed E-state index contributed by atoms with van der Waals surface area (Å²) in [4.78, 5) is 41.2. The van der Waals surface area contributed by atoms with Gasteiger partial charge < -0.3 is 4.84 Å². The molecule has 1 heterocycles. The second kappa shape index (κ2) is 7.61. The second-order valence-electron chi connectivity index (χ2n) is 5.47. The lowest BCUT2D eigenvalue weighted by Crippen LogP contribution is -2.39. The zero-order chi connectivity index (χ0) is 19.6. The monoisotopic (exact) mass is 385 g/mol. The highest BCUT2D eigenvalue weighted by Gasteiger charge is 2.19. The number of benzene rings is 1. The highest BCUT2D eigenvalue weighted by molar-refractivity contribution is 6.33. The molecule has 2 aromatic rings. The zero-order valence-corrected chi connectivity index (χ0v) is 14.8. The van der Waals surface area contributed by atoms with Crippen molar-refractivity contribution < 1.29 is 18.4 Å². The van der Waals surface area contributed by atoms with Gasteiger partial charge in [-0.3, -0.25) is 4.79 Å². The van der Waals surface area contributed by atoms with Gasteiger partial charge in [-0.05, 0) is 39.0 Å². The predicted octanol–water partition coefficient (Wildman–Crippen LogP) is 2.91. The molecule has 0 amide bonds. The molecule has 0 aliphatic rings. The van der Waals surface area contributed by atoms with Crippen molar-refractivity contribution in [2.24, 2.45) is 5.16 Å². The molecule has 0 aliphatic heterocycles. The van der Waals surface area contributed by atoms with Crippen molar-refractivity contribution in [1.29, 1.82) is 0 Å². The fourth-order valence-corrected chi connectivity index (χ4v) is 2.33. The summed E-state index contributed by atoms with van der Waals surface area (Å²) in [6, 6.07) is 4.49. The third kappa shape index (κ3) is 3.88. The van der Waals surface area contributed by atoms with Gasteiger partial charge in [0.05, 0.1) is 22.0 Å². The van der Waals surface area contributed by atoms with Crippen molar-refractivity contribution in [2.75, 3.05) is 0 Å². The smallest absolute Gasteiger partial charge is 0.313 e. The van der Waals surface area contributed by atoms with E-state index >= 15 is 0 Å². The Morgan fingerprint density at radius 2 is 1.88 bits per heavy atom. The lowest BCUT2D eigenvalue weighted by molar-refractivity contribution is 0.0515. The van der Waals surface area contributed by atoms with E-state index in [1.165, 1.54) is 19.1 Å². The number of rotatable bonds is 4. The molecule has 0 saturated heterocycles. The molecule has 7 nitrogen and oxygen atoms in total. The van der Waals surface area contributed by atoms with Crippen molar-refractivity contribution in [2.45, 2.75) is 27.3 Å². The number of oxime groups is 1. The van der Waals surface area contributed by atoms with Crippen LogP contribution in [0.15, 0.2) is 39.0 Å². The first-order valence-electron chi connectivity index (χ1n) is 7.29. The number of hydrogen-bond donors (Lipinski definition) is 0. The van der Waals surface area contributed by atoms with Crippen molar-refractivity contribution in [3.63, 3.8) is 0 Å². The zero-order valence-electron chi connectivity index (χ0n) is 14.0. The summed E-state index contributed by atoms with van der Waals surface area (Å²) in [6.45, 7) is 1.29. The van der Waals surface area contributed by atoms with E-state index in [1.54, 1.807) is 13.8 Å². The number of hydrogen-bond acceptors (Lipinski definition) is 5. The summed E-state index contributed by atoms with van der Waals surface area (Å²) in [5.41, 5.74) is -2.07. The van der Waals surface area contributed by atoms with Crippen LogP contribution in [0.5, 0.6) is 0 Å². The molecular formula is C16H14ClF2N3O4. The van der Waals surface area contributed by atoms with Gasteiger partial charge in [0, 0.05) is 11.8 Å². The quantitative estimate of drug-likeness (QED) is 0.460. The minimum absolute atomic E-state index is 0.0166. The second-order valence-corrected chi connectivity index (χ2v) is 5.88. The Morgan fingerprint density at radius 3 is 2.46 bits per heavy atom. The van der Waals surface area contributed by atoms with Crippen LogP contribution in [0.25, 0.3) is 5.69 Å². The maximum absolute atomic E-state index is 13.1. The first kappa shape index (κ1) is 19.5. The predicted molar refractivity (Wildman–Crippen MR) is 91.5 cm³/mol. The molecule has 0 saturated carbocycles. The minimum Gasteiger partial charge on any atom is -0.313 e. The molecule has 0 aliphatic carbocycles. The fraction of sp³-hybridized carbons (Fsp3) is 0.250. The molecule has 138 valence electrons. The largest absolute Gasteiger partial charge is 0.367 e. The Balaban J connectivity index is 2.65. The van der Waals surface area contributed by atoms with Gasteiger partial charge in [-0.15, -0.1) is 0 Å². The van der Waals surface area contributed by atoms with Crippen molar-refractivity contribution in [3.8, 4) is 5.69 Å². The lowest BCUT2D eigenvalue weighted by Gasteiger charge is -2.13. The Hall–Kier alpha value is -2.81. The van der Waals surface area contributed by atoms with Crippen molar-refractivity contribution in [1.82, 2.24) is 9.13 Å². The molecule has 0 fully saturated rings. The van der Waals surface area contributed by atoms with E-state index in [1.807, 2.05) is 0 Å². The van der Waals surface area contributed by atoms with E-state index in [2.05, 4.69) is 9.99 Å². The fourth-order valence-electron chi connectivity index (χ4n) is 2.13. The van der Waals surface area contributed by atoms with Gasteiger partial charge in [-0.1, -0.05) is 16.8 Å². The molecule has 0 bridgehead atoms. The van der Waals surface area contributed by atoms with E-state index in [-0.39, 0.29) is 26.5 Å². The summed E-state index contributed by atoms with van der Waals surface area (Å²) in [6.07, 6.45) is 0. The first-order valence-corrected chi connectivity index (χ1v) is 7.67. The van der Waals surface area contributed by atoms with Crippen LogP contribution in [0.4, 0.5) is 8.78 Å². The van der Waals surface area contributed by atoms with E-state index < -0.39 is 23.8 Å². The Labute approximate surface area is 151 Å². The minimum atomic E-state index is -3.13. The molecule has 1 aromatic carbocycles. The van der Waals surface area contributed by atoms with E-state index in [9.17, 15) is 23.2 Å². The highest BCUT2D eigenvalue weighted by atomic mass is 35.5. The van der Waals surface area contributed by atoms with Crippen LogP contribution in [0.1, 0.15) is 36.4 Å². The molecule has 2 rings (SSSR count). The van der Waals surface area contributed by atoms with E-state index in [4.69, 9.17) is 11.6 Å². The molecule has 0 unspecified atom stereocenters. The average Bonchev–Trinajstić information content (AvgIpc) is 2.53. The number of aromatic nitrogens is 2. The normalized spacial score (nSPS) is 10.7. The van der Waals surface area contributed by atoms with Crippen molar-refractivity contribution >= 4 is 23.3 Å². The van der Waals surface area contributed by atoms with Crippen LogP contribution >= 0.6 is 11.6 Å². The van der Waals surface area contributed by atoms with E-state index in [0.29, 0.717) is 10.3 Å². The summed E-state index contributed by atoms with van der Waals surface area (Å²) in [7, 11) is 0. The van der Waals surface area contributed by atoms with Crippen LogP contribution in [0.2, 0.25) is 5.02 Å². The third-order valence-corrected chi connectivity index (χ3v) is 3.59. The van der Waals surface area contributed by atoms with Gasteiger partial charge >= 0.3 is 18.2 Å². The summed E-state index contributed by atoms with van der Waals surface area (Å²) < 4.78 is 26.9. The van der Waals surface area contributed by atoms with Crippen LogP contribution in [-0.4, -0.2) is 20.8 Å². The van der Waals surface area contributed by atoms with Crippen LogP contribution < -0.4 is 11.2 Å². The SMILES string of the molecule is CC(C)=NOC(=O)c1cc(-n2c(=O)cc(C)n(C(F)F)c2=O)ccc1Cl. The lowest BCUT2D eigenvalue weighted by atomic mass is 10.2. The number of halogens is 3. The molecule has 26 heavy (non-hydrogen) atoms. The van der Waals surface area contributed by atoms with Gasteiger partial charge in [0.25, 0.3) is 5.56 Å². The maximum atomic E-state index is 13.1. The highest BCUT2D eigenvalue weighted by Crippen LogP contribution is 2.20. The first-order chi connectivity index (χ1) is 12.1. The summed E-state index contributed by atoms with van der Waals surface area (Å²) in [5.74, 6) is -0.924. The number of carbonyl (C=O) groups excluding carboxylic acids is 1. The van der Waals surface area contributed by atoms with Crippen molar-refractivity contribution in [3.05, 3.63) is 61.4 Å². The topological polar surface area (TPSA) is 82.7 Å². The van der Waals surface area contributed by atoms with Crippen LogP contribution in [0.3, 0.4) is 0 Å². The number of aryl methyl sites for hydroxylation is 1. The van der Waals surface area contributed by atoms with Crippen LogP contribution in [0, 0.1) is 6.92 Å². The number of carbonyl (C=O) groups is 1. The molecule has 0 N–H and O–H groups in total. The third-order valence-electron chi connectivity index (χ3n) is 3.26. The molecule has 0 spiro atoms. The summed E-state index contributed by atoms with van der Waals surface area (Å²) >= 11 is 5.94. The van der Waals surface area contributed by atoms with Gasteiger partial charge in [0.2, 0.25) is 0 Å². The van der Waals surface area contributed by atoms with E-state index in [0.717, 1.165) is 12.1 Å². The molecule has 10 heteroatoms.